The smallest absolute Gasteiger partial charge is 0.354 e. The molecule has 2 bridgehead atoms. The fourth-order valence-electron chi connectivity index (χ4n) is 8.14. The lowest BCUT2D eigenvalue weighted by atomic mass is 9.99. The van der Waals surface area contributed by atoms with Crippen LogP contribution < -0.4 is 11.0 Å². The fraction of sp³-hybridized carbons (Fsp3) is 0.400. The molecule has 2 N–H and O–H groups in total. The highest BCUT2D eigenvalue weighted by atomic mass is 35.5. The van der Waals surface area contributed by atoms with Gasteiger partial charge >= 0.3 is 5.69 Å². The van der Waals surface area contributed by atoms with Crippen molar-refractivity contribution in [2.75, 3.05) is 0 Å². The van der Waals surface area contributed by atoms with Gasteiger partial charge in [0.15, 0.2) is 5.65 Å². The molecule has 3 fully saturated rings. The second-order valence-electron chi connectivity index (χ2n) is 13.6. The largest absolute Gasteiger partial charge is 0.508 e. The van der Waals surface area contributed by atoms with Crippen molar-refractivity contribution in [2.45, 2.75) is 76.8 Å². The van der Waals surface area contributed by atoms with E-state index in [2.05, 4.69) is 20.3 Å². The Balaban J connectivity index is 1.46. The van der Waals surface area contributed by atoms with Gasteiger partial charge in [-0.05, 0) is 72.6 Å². The number of hydrogen-bond acceptors (Lipinski definition) is 7. The minimum absolute atomic E-state index is 0.00556. The molecular weight excluding hydrogens is 610 g/mol. The molecule has 5 aromatic rings. The number of nitrogens with one attached hydrogen (secondary N) is 1. The van der Waals surface area contributed by atoms with E-state index >= 15 is 4.39 Å². The summed E-state index contributed by atoms with van der Waals surface area (Å²) in [7, 11) is 0. The van der Waals surface area contributed by atoms with Crippen LogP contribution in [0.15, 0.2) is 41.5 Å². The second kappa shape index (κ2) is 10.5. The summed E-state index contributed by atoms with van der Waals surface area (Å²) in [4.78, 5) is 33.0. The molecule has 1 saturated carbocycles. The molecule has 0 radical (unpaired) electrons. The number of halogens is 3. The van der Waals surface area contributed by atoms with E-state index in [1.165, 1.54) is 41.2 Å². The first-order chi connectivity index (χ1) is 22.0. The maximum atomic E-state index is 16.5. The van der Waals surface area contributed by atoms with Crippen LogP contribution in [0.1, 0.15) is 81.8 Å². The van der Waals surface area contributed by atoms with E-state index in [1.54, 1.807) is 0 Å². The van der Waals surface area contributed by atoms with Crippen molar-refractivity contribution in [1.82, 2.24) is 29.8 Å². The first-order valence-corrected chi connectivity index (χ1v) is 16.3. The van der Waals surface area contributed by atoms with Gasteiger partial charge in [-0.1, -0.05) is 45.4 Å². The molecule has 8 rings (SSSR count). The van der Waals surface area contributed by atoms with Gasteiger partial charge in [-0.15, -0.1) is 0 Å². The number of rotatable bonds is 5. The minimum Gasteiger partial charge on any atom is -0.508 e. The van der Waals surface area contributed by atoms with Gasteiger partial charge in [-0.25, -0.2) is 33.1 Å². The molecule has 4 unspecified atom stereocenters. The number of phenolic OH excluding ortho intramolecular Hbond substituents is 1. The summed E-state index contributed by atoms with van der Waals surface area (Å²) < 4.78 is 32.7. The van der Waals surface area contributed by atoms with Crippen molar-refractivity contribution in [3.05, 3.63) is 80.9 Å². The van der Waals surface area contributed by atoms with Crippen LogP contribution in [0.2, 0.25) is 5.02 Å². The fourth-order valence-corrected chi connectivity index (χ4v) is 8.41. The van der Waals surface area contributed by atoms with Crippen molar-refractivity contribution in [2.24, 2.45) is 11.8 Å². The number of benzene rings is 2. The third kappa shape index (κ3) is 4.36. The molecule has 8 nitrogen and oxygen atoms in total. The minimum atomic E-state index is -0.700. The third-order valence-electron chi connectivity index (χ3n) is 10.1. The first kappa shape index (κ1) is 29.4. The summed E-state index contributed by atoms with van der Waals surface area (Å²) in [5.74, 6) is -1.02. The van der Waals surface area contributed by atoms with Gasteiger partial charge in [-0.3, -0.25) is 0 Å². The molecule has 2 aromatic carbocycles. The summed E-state index contributed by atoms with van der Waals surface area (Å²) >= 11 is 6.45. The van der Waals surface area contributed by atoms with Gasteiger partial charge in [0, 0.05) is 34.3 Å². The Morgan fingerprint density at radius 1 is 1.00 bits per heavy atom. The van der Waals surface area contributed by atoms with Crippen molar-refractivity contribution in [3.63, 3.8) is 0 Å². The number of fused-ring (bicyclic) bond motifs is 6. The zero-order chi connectivity index (χ0) is 32.2. The predicted octanol–water partition coefficient (Wildman–Crippen LogP) is 7.13. The van der Waals surface area contributed by atoms with E-state index in [-0.39, 0.29) is 50.8 Å². The Morgan fingerprint density at radius 3 is 2.46 bits per heavy atom. The second-order valence-corrected chi connectivity index (χ2v) is 14.0. The molecule has 0 spiro atoms. The number of pyridine rings is 1. The van der Waals surface area contributed by atoms with E-state index in [9.17, 15) is 14.3 Å². The van der Waals surface area contributed by atoms with Crippen molar-refractivity contribution < 1.29 is 13.9 Å². The number of piperidine rings is 1. The average molecular weight is 643 g/mol. The number of phenols is 1. The van der Waals surface area contributed by atoms with Gasteiger partial charge in [-0.2, -0.15) is 4.98 Å². The molecular formula is C35H33ClF2N6O2. The van der Waals surface area contributed by atoms with Crippen LogP contribution in [0.3, 0.4) is 0 Å². The lowest BCUT2D eigenvalue weighted by Gasteiger charge is -2.21. The third-order valence-corrected chi connectivity index (χ3v) is 10.5. The average Bonchev–Trinajstić information content (AvgIpc) is 3.61. The Labute approximate surface area is 268 Å². The number of hydrogen-bond donors (Lipinski definition) is 2. The first-order valence-electron chi connectivity index (χ1n) is 15.9. The normalized spacial score (nSPS) is 23.5. The van der Waals surface area contributed by atoms with E-state index in [1.807, 2.05) is 27.7 Å². The maximum absolute atomic E-state index is 16.5. The number of aromatic nitrogens is 5. The van der Waals surface area contributed by atoms with Crippen LogP contribution in [0.4, 0.5) is 8.78 Å². The standard InChI is InChI=1S/C35H33ClF2N6O2/c1-14(2)29-33(30(15(3)4)40-13-39-29)44-34-21(32(43-35(44)46)27-19-10-17-6-8-24(41-17)26(19)27)12-23(38)31(42-34)20-11-18(45)9-16-5-7-22(37)28(36)25(16)20/h5,7,9,11-15,17,19,24,26-27,41,45H,6,8,10H2,1-4H3/t17?,19-,24?,26?,27?/m0/s1. The Morgan fingerprint density at radius 2 is 1.74 bits per heavy atom. The molecule has 3 aliphatic rings. The summed E-state index contributed by atoms with van der Waals surface area (Å²) in [5.41, 5.74) is 1.90. The topological polar surface area (TPSA) is 106 Å². The SMILES string of the molecule is CC(C)c1ncnc(C(C)C)c1-n1c(=O)nc(C2C3C4CCC(C[C@H]23)N4)c2cc(F)c(-c3cc(O)cc4ccc(F)c(Cl)c34)nc21. The molecule has 2 aliphatic heterocycles. The van der Waals surface area contributed by atoms with Crippen LogP contribution in [0.25, 0.3) is 38.8 Å². The quantitative estimate of drug-likeness (QED) is 0.210. The van der Waals surface area contributed by atoms with Crippen LogP contribution in [0.5, 0.6) is 5.75 Å². The highest BCUT2D eigenvalue weighted by Gasteiger charge is 2.61. The summed E-state index contributed by atoms with van der Waals surface area (Å²) in [6.45, 7) is 7.93. The Hall–Kier alpha value is -4.02. The molecule has 5 heterocycles. The Bertz CT molecular complexity index is 2120. The lowest BCUT2D eigenvalue weighted by molar-refractivity contribution is 0.387. The van der Waals surface area contributed by atoms with Crippen LogP contribution in [-0.4, -0.2) is 41.7 Å². The monoisotopic (exact) mass is 642 g/mol. The maximum Gasteiger partial charge on any atom is 0.354 e. The highest BCUT2D eigenvalue weighted by Crippen LogP contribution is 2.63. The van der Waals surface area contributed by atoms with Gasteiger partial charge in [0.25, 0.3) is 0 Å². The zero-order valence-corrected chi connectivity index (χ0v) is 26.6. The van der Waals surface area contributed by atoms with E-state index < -0.39 is 17.3 Å². The summed E-state index contributed by atoms with van der Waals surface area (Å²) in [5, 5.41) is 15.2. The predicted molar refractivity (Wildman–Crippen MR) is 173 cm³/mol. The summed E-state index contributed by atoms with van der Waals surface area (Å²) in [6.07, 6.45) is 4.71. The van der Waals surface area contributed by atoms with E-state index in [0.717, 1.165) is 19.3 Å². The molecule has 1 aliphatic carbocycles. The number of aromatic hydroxyl groups is 1. The lowest BCUT2D eigenvalue weighted by Crippen LogP contribution is -2.35. The van der Waals surface area contributed by atoms with Crippen molar-refractivity contribution in [3.8, 4) is 22.7 Å². The van der Waals surface area contributed by atoms with Crippen LogP contribution in [-0.2, 0) is 0 Å². The molecule has 3 aromatic heterocycles. The van der Waals surface area contributed by atoms with Crippen molar-refractivity contribution in [1.29, 1.82) is 0 Å². The highest BCUT2D eigenvalue weighted by molar-refractivity contribution is 6.37. The van der Waals surface area contributed by atoms with Gasteiger partial charge in [0.1, 0.15) is 29.4 Å². The molecule has 46 heavy (non-hydrogen) atoms. The van der Waals surface area contributed by atoms with Crippen molar-refractivity contribution >= 4 is 33.4 Å². The summed E-state index contributed by atoms with van der Waals surface area (Å²) in [6, 6.07) is 7.60. The van der Waals surface area contributed by atoms with E-state index in [0.29, 0.717) is 57.5 Å². The molecule has 236 valence electrons. The number of nitrogens with zero attached hydrogens (tertiary/aromatic N) is 5. The van der Waals surface area contributed by atoms with E-state index in [4.69, 9.17) is 16.6 Å². The van der Waals surface area contributed by atoms with Crippen LogP contribution in [0, 0.1) is 23.5 Å². The van der Waals surface area contributed by atoms with Crippen LogP contribution >= 0.6 is 11.6 Å². The van der Waals surface area contributed by atoms with Gasteiger partial charge in [0.2, 0.25) is 0 Å². The molecule has 0 amide bonds. The zero-order valence-electron chi connectivity index (χ0n) is 25.9. The Kier molecular flexibility index (Phi) is 6.71. The van der Waals surface area contributed by atoms with Gasteiger partial charge < -0.3 is 10.4 Å². The molecule has 5 atom stereocenters. The van der Waals surface area contributed by atoms with Gasteiger partial charge in [0.05, 0.1) is 27.8 Å². The molecule has 11 heteroatoms. The molecule has 2 saturated heterocycles.